The molecule has 0 unspecified atom stereocenters. The zero-order valence-electron chi connectivity index (χ0n) is 15.3. The van der Waals surface area contributed by atoms with Gasteiger partial charge in [-0.3, -0.25) is 9.59 Å². The molecule has 0 aliphatic heterocycles. The van der Waals surface area contributed by atoms with Crippen LogP contribution in [0.25, 0.3) is 0 Å². The molecule has 0 saturated carbocycles. The molecule has 2 N–H and O–H groups in total. The van der Waals surface area contributed by atoms with Crippen molar-refractivity contribution in [2.75, 3.05) is 6.54 Å². The van der Waals surface area contributed by atoms with Crippen LogP contribution < -0.4 is 10.6 Å². The molecule has 2 aromatic rings. The summed E-state index contributed by atoms with van der Waals surface area (Å²) in [6.45, 7) is 8.81. The van der Waals surface area contributed by atoms with E-state index >= 15 is 0 Å². The zero-order valence-corrected chi connectivity index (χ0v) is 15.3. The summed E-state index contributed by atoms with van der Waals surface area (Å²) < 4.78 is 0. The van der Waals surface area contributed by atoms with Gasteiger partial charge in [-0.25, -0.2) is 0 Å². The summed E-state index contributed by atoms with van der Waals surface area (Å²) in [5.74, 6) is -0.452. The highest BCUT2D eigenvalue weighted by molar-refractivity contribution is 5.96. The predicted molar refractivity (Wildman–Crippen MR) is 101 cm³/mol. The fourth-order valence-electron chi connectivity index (χ4n) is 2.47. The van der Waals surface area contributed by atoms with E-state index in [1.807, 2.05) is 43.3 Å². The summed E-state index contributed by atoms with van der Waals surface area (Å²) in [6.07, 6.45) is 0. The maximum atomic E-state index is 12.1. The topological polar surface area (TPSA) is 58.2 Å². The van der Waals surface area contributed by atoms with Crippen molar-refractivity contribution in [1.29, 1.82) is 0 Å². The van der Waals surface area contributed by atoms with Crippen molar-refractivity contribution in [3.8, 4) is 0 Å². The number of carbonyl (C=O) groups is 2. The number of hydrogen-bond acceptors (Lipinski definition) is 2. The van der Waals surface area contributed by atoms with Crippen LogP contribution in [0.4, 0.5) is 0 Å². The van der Waals surface area contributed by atoms with Crippen molar-refractivity contribution in [3.05, 3.63) is 70.8 Å². The van der Waals surface area contributed by atoms with Crippen LogP contribution in [-0.4, -0.2) is 18.4 Å². The number of carbonyl (C=O) groups excluding carboxylic acids is 2. The van der Waals surface area contributed by atoms with E-state index in [9.17, 15) is 9.59 Å². The minimum Gasteiger partial charge on any atom is -0.350 e. The number of hydrogen-bond donors (Lipinski definition) is 2. The van der Waals surface area contributed by atoms with Crippen LogP contribution in [0, 0.1) is 6.92 Å². The minimum absolute atomic E-state index is 0.0360. The molecule has 25 heavy (non-hydrogen) atoms. The van der Waals surface area contributed by atoms with E-state index in [4.69, 9.17) is 0 Å². The molecule has 132 valence electrons. The van der Waals surface area contributed by atoms with Gasteiger partial charge in [0.2, 0.25) is 5.91 Å². The van der Waals surface area contributed by atoms with E-state index in [0.717, 1.165) is 11.1 Å². The second-order valence-electron chi connectivity index (χ2n) is 7.28. The lowest BCUT2D eigenvalue weighted by Crippen LogP contribution is -2.36. The van der Waals surface area contributed by atoms with Gasteiger partial charge < -0.3 is 10.6 Å². The highest BCUT2D eigenvalue weighted by Crippen LogP contribution is 2.22. The molecule has 0 spiro atoms. The Kier molecular flexibility index (Phi) is 5.97. The molecule has 2 amide bonds. The first kappa shape index (κ1) is 18.7. The smallest absolute Gasteiger partial charge is 0.251 e. The summed E-state index contributed by atoms with van der Waals surface area (Å²) in [6, 6.07) is 15.4. The van der Waals surface area contributed by atoms with Gasteiger partial charge in [0.1, 0.15) is 0 Å². The van der Waals surface area contributed by atoms with Gasteiger partial charge in [-0.2, -0.15) is 0 Å². The molecule has 0 heterocycles. The first-order valence-electron chi connectivity index (χ1n) is 8.47. The summed E-state index contributed by atoms with van der Waals surface area (Å²) in [5.41, 5.74) is 3.96. The third-order valence-corrected chi connectivity index (χ3v) is 3.99. The van der Waals surface area contributed by atoms with Gasteiger partial charge in [0.25, 0.3) is 5.91 Å². The van der Waals surface area contributed by atoms with Gasteiger partial charge in [0.15, 0.2) is 0 Å². The molecule has 0 aliphatic rings. The Morgan fingerprint density at radius 3 is 2.24 bits per heavy atom. The highest BCUT2D eigenvalue weighted by atomic mass is 16.2. The molecular formula is C21H26N2O2. The maximum Gasteiger partial charge on any atom is 0.251 e. The molecule has 0 saturated heterocycles. The first-order chi connectivity index (χ1) is 11.8. The van der Waals surface area contributed by atoms with Gasteiger partial charge in [0, 0.05) is 12.1 Å². The average molecular weight is 338 g/mol. The molecule has 0 atom stereocenters. The molecule has 0 bridgehead atoms. The predicted octanol–water partition coefficient (Wildman–Crippen LogP) is 3.34. The number of nitrogens with one attached hydrogen (secondary N) is 2. The van der Waals surface area contributed by atoms with E-state index in [0.29, 0.717) is 12.1 Å². The number of rotatable bonds is 5. The first-order valence-corrected chi connectivity index (χ1v) is 8.47. The van der Waals surface area contributed by atoms with E-state index < -0.39 is 0 Å². The van der Waals surface area contributed by atoms with E-state index in [1.54, 1.807) is 12.1 Å². The van der Waals surface area contributed by atoms with E-state index in [1.165, 1.54) is 5.56 Å². The van der Waals surface area contributed by atoms with Gasteiger partial charge >= 0.3 is 0 Å². The molecule has 0 aromatic heterocycles. The van der Waals surface area contributed by atoms with E-state index in [2.05, 4.69) is 31.4 Å². The fourth-order valence-corrected chi connectivity index (χ4v) is 2.47. The second-order valence-corrected chi connectivity index (χ2v) is 7.28. The molecule has 2 rings (SSSR count). The van der Waals surface area contributed by atoms with Crippen molar-refractivity contribution in [2.45, 2.75) is 39.7 Å². The monoisotopic (exact) mass is 338 g/mol. The summed E-state index contributed by atoms with van der Waals surface area (Å²) in [5, 5.41) is 5.46. The Hall–Kier alpha value is -2.62. The van der Waals surface area contributed by atoms with Crippen molar-refractivity contribution in [3.63, 3.8) is 0 Å². The van der Waals surface area contributed by atoms with Crippen LogP contribution in [0.1, 0.15) is 47.8 Å². The Balaban J connectivity index is 1.82. The Morgan fingerprint density at radius 2 is 1.64 bits per heavy atom. The Labute approximate surface area is 149 Å². The second kappa shape index (κ2) is 7.97. The number of aryl methyl sites for hydroxylation is 1. The molecule has 2 aromatic carbocycles. The number of benzene rings is 2. The van der Waals surface area contributed by atoms with Crippen molar-refractivity contribution >= 4 is 11.8 Å². The summed E-state index contributed by atoms with van der Waals surface area (Å²) >= 11 is 0. The SMILES string of the molecule is Cc1cccc(CNC(=O)CNC(=O)c2ccc(C(C)(C)C)cc2)c1. The summed E-state index contributed by atoms with van der Waals surface area (Å²) in [7, 11) is 0. The molecule has 0 aliphatic carbocycles. The van der Waals surface area contributed by atoms with Crippen LogP contribution >= 0.6 is 0 Å². The normalized spacial score (nSPS) is 11.0. The molecular weight excluding hydrogens is 312 g/mol. The molecule has 0 radical (unpaired) electrons. The minimum atomic E-state index is -0.244. The van der Waals surface area contributed by atoms with Crippen molar-refractivity contribution < 1.29 is 9.59 Å². The highest BCUT2D eigenvalue weighted by Gasteiger charge is 2.14. The third-order valence-electron chi connectivity index (χ3n) is 3.99. The van der Waals surface area contributed by atoms with Crippen molar-refractivity contribution in [1.82, 2.24) is 10.6 Å². The standard InChI is InChI=1S/C21H26N2O2/c1-15-6-5-7-16(12-15)13-22-19(24)14-23-20(25)17-8-10-18(11-9-17)21(2,3)4/h5-12H,13-14H2,1-4H3,(H,22,24)(H,23,25). The lowest BCUT2D eigenvalue weighted by molar-refractivity contribution is -0.120. The van der Waals surface area contributed by atoms with Crippen LogP contribution in [0.15, 0.2) is 48.5 Å². The van der Waals surface area contributed by atoms with E-state index in [-0.39, 0.29) is 23.8 Å². The van der Waals surface area contributed by atoms with Crippen LogP contribution in [-0.2, 0) is 16.8 Å². The average Bonchev–Trinajstić information content (AvgIpc) is 2.57. The number of amides is 2. The van der Waals surface area contributed by atoms with Gasteiger partial charge in [-0.15, -0.1) is 0 Å². The lowest BCUT2D eigenvalue weighted by Gasteiger charge is -2.19. The summed E-state index contributed by atoms with van der Waals surface area (Å²) in [4.78, 5) is 24.0. The van der Waals surface area contributed by atoms with Crippen molar-refractivity contribution in [2.24, 2.45) is 0 Å². The third kappa shape index (κ3) is 5.75. The van der Waals surface area contributed by atoms with Crippen LogP contribution in [0.2, 0.25) is 0 Å². The quantitative estimate of drug-likeness (QED) is 0.878. The molecule has 0 fully saturated rings. The molecule has 4 nitrogen and oxygen atoms in total. The fraction of sp³-hybridized carbons (Fsp3) is 0.333. The largest absolute Gasteiger partial charge is 0.350 e. The maximum absolute atomic E-state index is 12.1. The lowest BCUT2D eigenvalue weighted by atomic mass is 9.87. The van der Waals surface area contributed by atoms with Crippen LogP contribution in [0.3, 0.4) is 0 Å². The van der Waals surface area contributed by atoms with Gasteiger partial charge in [-0.1, -0.05) is 62.7 Å². The zero-order chi connectivity index (χ0) is 18.4. The molecule has 4 heteroatoms. The Bertz CT molecular complexity index is 743. The Morgan fingerprint density at radius 1 is 0.960 bits per heavy atom. The van der Waals surface area contributed by atoms with Crippen LogP contribution in [0.5, 0.6) is 0 Å². The van der Waals surface area contributed by atoms with Gasteiger partial charge in [-0.05, 0) is 35.6 Å². The van der Waals surface area contributed by atoms with Gasteiger partial charge in [0.05, 0.1) is 6.54 Å².